The quantitative estimate of drug-likeness (QED) is 0.574. The molecule has 6 nitrogen and oxygen atoms in total. The number of amides is 1. The van der Waals surface area contributed by atoms with Crippen LogP contribution in [0.1, 0.15) is 53.4 Å². The van der Waals surface area contributed by atoms with Gasteiger partial charge in [-0.15, -0.1) is 0 Å². The van der Waals surface area contributed by atoms with Gasteiger partial charge in [-0.3, -0.25) is 14.5 Å². The van der Waals surface area contributed by atoms with Gasteiger partial charge in [0, 0.05) is 37.8 Å². The van der Waals surface area contributed by atoms with Gasteiger partial charge >= 0.3 is 0 Å². The van der Waals surface area contributed by atoms with E-state index in [-0.39, 0.29) is 17.8 Å². The lowest BCUT2D eigenvalue weighted by Crippen LogP contribution is -2.42. The zero-order valence-corrected chi connectivity index (χ0v) is 18.8. The molecule has 1 amide bonds. The van der Waals surface area contributed by atoms with Crippen molar-refractivity contribution in [1.82, 2.24) is 19.7 Å². The van der Waals surface area contributed by atoms with E-state index in [4.69, 9.17) is 4.74 Å². The summed E-state index contributed by atoms with van der Waals surface area (Å²) in [4.78, 5) is 19.3. The summed E-state index contributed by atoms with van der Waals surface area (Å²) < 4.78 is 21.8. The van der Waals surface area contributed by atoms with Crippen molar-refractivity contribution in [1.29, 1.82) is 0 Å². The fourth-order valence-electron chi connectivity index (χ4n) is 4.76. The van der Waals surface area contributed by atoms with Crippen LogP contribution in [-0.2, 0) is 35.3 Å². The summed E-state index contributed by atoms with van der Waals surface area (Å²) in [6.07, 6.45) is 9.00. The number of aromatic nitrogens is 3. The Morgan fingerprint density at radius 1 is 1.12 bits per heavy atom. The maximum atomic E-state index is 13.9. The van der Waals surface area contributed by atoms with E-state index in [1.54, 1.807) is 18.3 Å². The van der Waals surface area contributed by atoms with E-state index in [2.05, 4.69) is 10.1 Å². The minimum atomic E-state index is -0.248. The molecule has 3 aromatic rings. The lowest BCUT2D eigenvalue weighted by molar-refractivity contribution is -0.139. The molecule has 0 bridgehead atoms. The molecule has 172 valence electrons. The average molecular weight is 449 g/mol. The minimum Gasteiger partial charge on any atom is -0.368 e. The third-order valence-electron chi connectivity index (χ3n) is 6.63. The van der Waals surface area contributed by atoms with Crippen LogP contribution in [0.2, 0.25) is 0 Å². The maximum Gasteiger partial charge on any atom is 0.224 e. The predicted octanol–water partition coefficient (Wildman–Crippen LogP) is 3.88. The number of hydrogen-bond donors (Lipinski definition) is 0. The second-order valence-corrected chi connectivity index (χ2v) is 8.86. The standard InChI is InChI=1S/C26H29FN4O2/c27-22-7-3-1-5-20(22)15-19-9-10-23(28-16-19)25-18-30(13-14-33-25)26(32)11-12-31-24-8-4-2-6-21(24)17-29-31/h1,3,5,7,9-10,16-17,25H,2,4,6,8,11-15,18H2. The van der Waals surface area contributed by atoms with E-state index in [1.165, 1.54) is 30.2 Å². The number of carbonyl (C=O) groups is 1. The molecule has 33 heavy (non-hydrogen) atoms. The summed E-state index contributed by atoms with van der Waals surface area (Å²) in [6, 6.07) is 10.7. The molecule has 1 unspecified atom stereocenters. The van der Waals surface area contributed by atoms with Crippen molar-refractivity contribution in [3.05, 3.63) is 82.7 Å². The number of morpholine rings is 1. The SMILES string of the molecule is O=C(CCn1ncc2c1CCCC2)N1CCOC(c2ccc(Cc3ccccc3F)cn2)C1. The lowest BCUT2D eigenvalue weighted by atomic mass is 9.98. The smallest absolute Gasteiger partial charge is 0.224 e. The third-order valence-corrected chi connectivity index (χ3v) is 6.63. The summed E-state index contributed by atoms with van der Waals surface area (Å²) in [5, 5.41) is 4.51. The van der Waals surface area contributed by atoms with Crippen LogP contribution in [0.15, 0.2) is 48.8 Å². The Labute approximate surface area is 193 Å². The number of nitrogens with zero attached hydrogens (tertiary/aromatic N) is 4. The Bertz CT molecular complexity index is 1110. The average Bonchev–Trinajstić information content (AvgIpc) is 3.28. The van der Waals surface area contributed by atoms with Gasteiger partial charge in [0.2, 0.25) is 5.91 Å². The van der Waals surface area contributed by atoms with Crippen molar-refractivity contribution in [3.8, 4) is 0 Å². The maximum absolute atomic E-state index is 13.9. The van der Waals surface area contributed by atoms with E-state index in [1.807, 2.05) is 34.0 Å². The van der Waals surface area contributed by atoms with Gasteiger partial charge in [-0.1, -0.05) is 24.3 Å². The van der Waals surface area contributed by atoms with Gasteiger partial charge in [-0.05, 0) is 54.5 Å². The van der Waals surface area contributed by atoms with E-state index < -0.39 is 0 Å². The van der Waals surface area contributed by atoms with Crippen LogP contribution < -0.4 is 0 Å². The van der Waals surface area contributed by atoms with Crippen molar-refractivity contribution in [3.63, 3.8) is 0 Å². The number of benzene rings is 1. The highest BCUT2D eigenvalue weighted by Crippen LogP contribution is 2.23. The first-order chi connectivity index (χ1) is 16.2. The number of hydrogen-bond acceptors (Lipinski definition) is 4. The molecule has 0 radical (unpaired) electrons. The Kier molecular flexibility index (Phi) is 6.48. The molecule has 1 aromatic carbocycles. The van der Waals surface area contributed by atoms with Crippen LogP contribution >= 0.6 is 0 Å². The fourth-order valence-corrected chi connectivity index (χ4v) is 4.76. The topological polar surface area (TPSA) is 60.2 Å². The molecule has 1 aliphatic heterocycles. The Morgan fingerprint density at radius 2 is 2.00 bits per heavy atom. The first-order valence-corrected chi connectivity index (χ1v) is 11.8. The highest BCUT2D eigenvalue weighted by Gasteiger charge is 2.26. The van der Waals surface area contributed by atoms with Crippen molar-refractivity contribution in [2.75, 3.05) is 19.7 Å². The lowest BCUT2D eigenvalue weighted by Gasteiger charge is -2.33. The Balaban J connectivity index is 1.17. The zero-order chi connectivity index (χ0) is 22.6. The van der Waals surface area contributed by atoms with Gasteiger partial charge in [0.05, 0.1) is 25.0 Å². The highest BCUT2D eigenvalue weighted by molar-refractivity contribution is 5.76. The van der Waals surface area contributed by atoms with Gasteiger partial charge in [0.25, 0.3) is 0 Å². The van der Waals surface area contributed by atoms with Crippen LogP contribution in [0.5, 0.6) is 0 Å². The molecular formula is C26H29FN4O2. The fraction of sp³-hybridized carbons (Fsp3) is 0.423. The highest BCUT2D eigenvalue weighted by atomic mass is 19.1. The number of halogens is 1. The number of pyridine rings is 1. The molecule has 0 saturated carbocycles. The second kappa shape index (κ2) is 9.83. The summed E-state index contributed by atoms with van der Waals surface area (Å²) in [6.45, 7) is 2.21. The summed E-state index contributed by atoms with van der Waals surface area (Å²) in [5.41, 5.74) is 5.02. The number of carbonyl (C=O) groups excluding carboxylic acids is 1. The molecule has 5 rings (SSSR count). The van der Waals surface area contributed by atoms with Crippen LogP contribution in [0.25, 0.3) is 0 Å². The molecule has 2 aromatic heterocycles. The Hall–Kier alpha value is -3.06. The van der Waals surface area contributed by atoms with Crippen LogP contribution in [-0.4, -0.2) is 45.3 Å². The molecule has 1 atom stereocenters. The number of fused-ring (bicyclic) bond motifs is 1. The predicted molar refractivity (Wildman–Crippen MR) is 122 cm³/mol. The molecule has 3 heterocycles. The summed E-state index contributed by atoms with van der Waals surface area (Å²) in [7, 11) is 0. The molecule has 0 N–H and O–H groups in total. The minimum absolute atomic E-state index is 0.125. The number of aryl methyl sites for hydroxylation is 2. The van der Waals surface area contributed by atoms with Crippen molar-refractivity contribution in [2.45, 2.75) is 51.2 Å². The monoisotopic (exact) mass is 448 g/mol. The number of ether oxygens (including phenoxy) is 1. The van der Waals surface area contributed by atoms with Gasteiger partial charge in [0.15, 0.2) is 0 Å². The van der Waals surface area contributed by atoms with Crippen molar-refractivity contribution in [2.24, 2.45) is 0 Å². The van der Waals surface area contributed by atoms with Gasteiger partial charge in [-0.25, -0.2) is 4.39 Å². The zero-order valence-electron chi connectivity index (χ0n) is 18.8. The largest absolute Gasteiger partial charge is 0.368 e. The normalized spacial score (nSPS) is 18.2. The number of rotatable bonds is 6. The summed E-state index contributed by atoms with van der Waals surface area (Å²) >= 11 is 0. The molecular weight excluding hydrogens is 419 g/mol. The van der Waals surface area contributed by atoms with E-state index in [0.717, 1.165) is 24.1 Å². The molecule has 0 spiro atoms. The van der Waals surface area contributed by atoms with Gasteiger partial charge < -0.3 is 9.64 Å². The molecule has 2 aliphatic rings. The van der Waals surface area contributed by atoms with Crippen LogP contribution in [0.4, 0.5) is 4.39 Å². The van der Waals surface area contributed by atoms with Crippen LogP contribution in [0, 0.1) is 5.82 Å². The molecule has 1 saturated heterocycles. The van der Waals surface area contributed by atoms with Crippen LogP contribution in [0.3, 0.4) is 0 Å². The molecule has 1 fully saturated rings. The van der Waals surface area contributed by atoms with Gasteiger partial charge in [-0.2, -0.15) is 5.10 Å². The van der Waals surface area contributed by atoms with Crippen molar-refractivity contribution < 1.29 is 13.9 Å². The second-order valence-electron chi connectivity index (χ2n) is 8.86. The summed E-state index contributed by atoms with van der Waals surface area (Å²) in [5.74, 6) is -0.0819. The molecule has 1 aliphatic carbocycles. The Morgan fingerprint density at radius 3 is 2.85 bits per heavy atom. The molecule has 7 heteroatoms. The first-order valence-electron chi connectivity index (χ1n) is 11.8. The van der Waals surface area contributed by atoms with Crippen molar-refractivity contribution >= 4 is 5.91 Å². The van der Waals surface area contributed by atoms with E-state index in [9.17, 15) is 9.18 Å². The first kappa shape index (κ1) is 21.8. The van der Waals surface area contributed by atoms with Gasteiger partial charge in [0.1, 0.15) is 11.9 Å². The van der Waals surface area contributed by atoms with E-state index in [0.29, 0.717) is 44.6 Å². The third kappa shape index (κ3) is 4.98. The van der Waals surface area contributed by atoms with E-state index >= 15 is 0 Å².